The molecule has 21 heavy (non-hydrogen) atoms. The molecule has 0 fully saturated rings. The number of hydrogen-bond donors (Lipinski definition) is 2. The highest BCUT2D eigenvalue weighted by atomic mass is 79.9. The quantitative estimate of drug-likeness (QED) is 0.800. The zero-order chi connectivity index (χ0) is 15.6. The Balaban J connectivity index is 2.35. The molecule has 0 radical (unpaired) electrons. The van der Waals surface area contributed by atoms with Crippen LogP contribution in [0.2, 0.25) is 10.0 Å². The molecular weight excluding hydrogens is 381 g/mol. The van der Waals surface area contributed by atoms with E-state index >= 15 is 0 Å². The van der Waals surface area contributed by atoms with Gasteiger partial charge in [0.15, 0.2) is 0 Å². The smallest absolute Gasteiger partial charge is 0.337 e. The third-order valence-electron chi connectivity index (χ3n) is 2.64. The third-order valence-corrected chi connectivity index (χ3v) is 3.76. The summed E-state index contributed by atoms with van der Waals surface area (Å²) >= 11 is 14.9. The average Bonchev–Trinajstić information content (AvgIpc) is 2.37. The largest absolute Gasteiger partial charge is 0.478 e. The number of carboxylic acid groups (broad SMARTS) is 1. The molecule has 2 rings (SSSR count). The van der Waals surface area contributed by atoms with Gasteiger partial charge in [-0.3, -0.25) is 4.79 Å². The Morgan fingerprint density at radius 2 is 1.57 bits per heavy atom. The van der Waals surface area contributed by atoms with Crippen molar-refractivity contribution in [1.29, 1.82) is 0 Å². The molecule has 2 N–H and O–H groups in total. The lowest BCUT2D eigenvalue weighted by atomic mass is 10.1. The molecule has 0 saturated carbocycles. The van der Waals surface area contributed by atoms with Crippen molar-refractivity contribution < 1.29 is 14.7 Å². The van der Waals surface area contributed by atoms with Gasteiger partial charge >= 0.3 is 5.97 Å². The van der Waals surface area contributed by atoms with E-state index in [-0.39, 0.29) is 11.3 Å². The number of rotatable bonds is 3. The topological polar surface area (TPSA) is 66.4 Å². The number of nitrogens with one attached hydrogen (secondary N) is 1. The van der Waals surface area contributed by atoms with Crippen LogP contribution >= 0.6 is 39.1 Å². The van der Waals surface area contributed by atoms with E-state index in [0.717, 1.165) is 0 Å². The highest BCUT2D eigenvalue weighted by molar-refractivity contribution is 9.10. The maximum absolute atomic E-state index is 12.2. The van der Waals surface area contributed by atoms with Crippen molar-refractivity contribution in [1.82, 2.24) is 0 Å². The van der Waals surface area contributed by atoms with Crippen LogP contribution in [0.25, 0.3) is 0 Å². The summed E-state index contributed by atoms with van der Waals surface area (Å²) in [6, 6.07) is 8.83. The fourth-order valence-corrected chi connectivity index (χ4v) is 2.70. The molecular formula is C14H8BrCl2NO3. The fraction of sp³-hybridized carbons (Fsp3) is 0. The molecule has 108 valence electrons. The van der Waals surface area contributed by atoms with Gasteiger partial charge in [0.25, 0.3) is 5.91 Å². The van der Waals surface area contributed by atoms with Gasteiger partial charge in [-0.05, 0) is 52.3 Å². The molecule has 0 aromatic heterocycles. The molecule has 0 bridgehead atoms. The molecule has 0 unspecified atom stereocenters. The molecule has 4 nitrogen and oxygen atoms in total. The molecule has 0 saturated heterocycles. The number of aromatic carboxylic acids is 1. The monoisotopic (exact) mass is 387 g/mol. The van der Waals surface area contributed by atoms with Crippen molar-refractivity contribution in [2.45, 2.75) is 0 Å². The summed E-state index contributed by atoms with van der Waals surface area (Å²) in [7, 11) is 0. The van der Waals surface area contributed by atoms with E-state index in [9.17, 15) is 9.59 Å². The van der Waals surface area contributed by atoms with Crippen LogP contribution in [0.5, 0.6) is 0 Å². The minimum absolute atomic E-state index is 0.0437. The second-order valence-electron chi connectivity index (χ2n) is 4.07. The molecule has 0 aliphatic heterocycles. The maximum atomic E-state index is 12.2. The summed E-state index contributed by atoms with van der Waals surface area (Å²) in [5.41, 5.74) is 0.412. The van der Waals surface area contributed by atoms with Crippen LogP contribution in [0.1, 0.15) is 20.7 Å². The van der Waals surface area contributed by atoms with Gasteiger partial charge in [0.1, 0.15) is 0 Å². The van der Waals surface area contributed by atoms with Gasteiger partial charge in [0, 0.05) is 14.5 Å². The van der Waals surface area contributed by atoms with Crippen LogP contribution in [0.15, 0.2) is 40.9 Å². The molecule has 0 heterocycles. The van der Waals surface area contributed by atoms with Crippen molar-refractivity contribution in [2.75, 3.05) is 5.32 Å². The second kappa shape index (κ2) is 6.47. The average molecular weight is 389 g/mol. The number of amides is 1. The Kier molecular flexibility index (Phi) is 4.88. The third kappa shape index (κ3) is 3.75. The predicted molar refractivity (Wildman–Crippen MR) is 85.5 cm³/mol. The van der Waals surface area contributed by atoms with Crippen molar-refractivity contribution in [3.05, 3.63) is 62.0 Å². The number of hydrogen-bond acceptors (Lipinski definition) is 2. The number of carbonyl (C=O) groups is 2. The minimum atomic E-state index is -1.16. The Labute approximate surface area is 138 Å². The van der Waals surface area contributed by atoms with Crippen LogP contribution in [-0.4, -0.2) is 17.0 Å². The molecule has 2 aromatic carbocycles. The van der Waals surface area contributed by atoms with Gasteiger partial charge < -0.3 is 10.4 Å². The van der Waals surface area contributed by atoms with E-state index in [0.29, 0.717) is 20.1 Å². The van der Waals surface area contributed by atoms with Gasteiger partial charge in [-0.15, -0.1) is 0 Å². The van der Waals surface area contributed by atoms with Crippen molar-refractivity contribution >= 4 is 56.7 Å². The fourth-order valence-electron chi connectivity index (χ4n) is 1.67. The lowest BCUT2D eigenvalue weighted by Crippen LogP contribution is -2.15. The van der Waals surface area contributed by atoms with Crippen LogP contribution in [0, 0.1) is 0 Å². The molecule has 0 aliphatic rings. The van der Waals surface area contributed by atoms with Gasteiger partial charge in [-0.1, -0.05) is 23.2 Å². The number of halogens is 3. The van der Waals surface area contributed by atoms with Crippen molar-refractivity contribution in [2.24, 2.45) is 0 Å². The summed E-state index contributed by atoms with van der Waals surface area (Å²) in [4.78, 5) is 23.4. The Morgan fingerprint density at radius 1 is 1.00 bits per heavy atom. The summed E-state index contributed by atoms with van der Waals surface area (Å²) in [6.45, 7) is 0. The van der Waals surface area contributed by atoms with E-state index < -0.39 is 11.9 Å². The molecule has 2 aromatic rings. The first kappa shape index (κ1) is 15.8. The van der Waals surface area contributed by atoms with Gasteiger partial charge in [0.2, 0.25) is 0 Å². The molecule has 7 heteroatoms. The summed E-state index contributed by atoms with van der Waals surface area (Å²) < 4.78 is 0.506. The van der Waals surface area contributed by atoms with E-state index in [4.69, 9.17) is 28.3 Å². The minimum Gasteiger partial charge on any atom is -0.478 e. The first-order chi connectivity index (χ1) is 9.88. The highest BCUT2D eigenvalue weighted by Gasteiger charge is 2.16. The Morgan fingerprint density at radius 3 is 2.14 bits per heavy atom. The molecule has 0 aliphatic carbocycles. The Bertz CT molecular complexity index is 734. The zero-order valence-electron chi connectivity index (χ0n) is 10.4. The molecule has 0 spiro atoms. The summed E-state index contributed by atoms with van der Waals surface area (Å²) in [5, 5.41) is 12.4. The van der Waals surface area contributed by atoms with Crippen molar-refractivity contribution in [3.63, 3.8) is 0 Å². The standard InChI is InChI=1S/C14H8BrCl2NO3/c15-11-5-7(16)1-3-9(11)13(19)18-12-6-8(17)2-4-10(12)14(20)21/h1-6H,(H,18,19)(H,20,21). The predicted octanol–water partition coefficient (Wildman–Crippen LogP) is 4.71. The lowest BCUT2D eigenvalue weighted by molar-refractivity contribution is 0.0698. The number of anilines is 1. The van der Waals surface area contributed by atoms with E-state index in [2.05, 4.69) is 21.2 Å². The summed E-state index contributed by atoms with van der Waals surface area (Å²) in [5.74, 6) is -1.62. The Hall–Kier alpha value is -1.56. The van der Waals surface area contributed by atoms with E-state index in [1.54, 1.807) is 12.1 Å². The number of carboxylic acids is 1. The number of benzene rings is 2. The summed E-state index contributed by atoms with van der Waals surface area (Å²) in [6.07, 6.45) is 0. The van der Waals surface area contributed by atoms with Crippen LogP contribution in [-0.2, 0) is 0 Å². The highest BCUT2D eigenvalue weighted by Crippen LogP contribution is 2.25. The molecule has 1 amide bonds. The lowest BCUT2D eigenvalue weighted by Gasteiger charge is -2.10. The maximum Gasteiger partial charge on any atom is 0.337 e. The molecule has 0 atom stereocenters. The second-order valence-corrected chi connectivity index (χ2v) is 5.80. The normalized spacial score (nSPS) is 10.2. The number of carbonyl (C=O) groups excluding carboxylic acids is 1. The van der Waals surface area contributed by atoms with E-state index in [1.807, 2.05) is 0 Å². The van der Waals surface area contributed by atoms with Gasteiger partial charge in [-0.2, -0.15) is 0 Å². The van der Waals surface area contributed by atoms with Crippen LogP contribution < -0.4 is 5.32 Å². The van der Waals surface area contributed by atoms with Crippen LogP contribution in [0.4, 0.5) is 5.69 Å². The first-order valence-electron chi connectivity index (χ1n) is 5.67. The first-order valence-corrected chi connectivity index (χ1v) is 7.22. The van der Waals surface area contributed by atoms with Crippen LogP contribution in [0.3, 0.4) is 0 Å². The van der Waals surface area contributed by atoms with Crippen molar-refractivity contribution in [3.8, 4) is 0 Å². The zero-order valence-corrected chi connectivity index (χ0v) is 13.5. The SMILES string of the molecule is O=C(Nc1cc(Cl)ccc1C(=O)O)c1ccc(Cl)cc1Br. The van der Waals surface area contributed by atoms with Gasteiger partial charge in [0.05, 0.1) is 16.8 Å². The van der Waals surface area contributed by atoms with E-state index in [1.165, 1.54) is 24.3 Å². The van der Waals surface area contributed by atoms with Gasteiger partial charge in [-0.25, -0.2) is 4.79 Å².